The fraction of sp³-hybridized carbons (Fsp3) is 0.100. The summed E-state index contributed by atoms with van der Waals surface area (Å²) in [6.45, 7) is 1.46. The molecule has 2 N–H and O–H groups in total. The quantitative estimate of drug-likeness (QED) is 0.823. The van der Waals surface area contributed by atoms with Gasteiger partial charge in [-0.15, -0.1) is 0 Å². The van der Waals surface area contributed by atoms with Crippen molar-refractivity contribution < 1.29 is 9.59 Å². The molecule has 1 aromatic heterocycles. The molecule has 2 amide bonds. The van der Waals surface area contributed by atoms with Crippen LogP contribution in [0.5, 0.6) is 0 Å². The Morgan fingerprint density at radius 3 is 2.78 bits per heavy atom. The number of rotatable bonds is 3. The number of carbonyl (C=O) groups excluding carboxylic acids is 2. The number of hydrogen-bond donors (Lipinski definition) is 2. The van der Waals surface area contributed by atoms with Crippen molar-refractivity contribution >= 4 is 34.2 Å². The fourth-order valence-electron chi connectivity index (χ4n) is 1.26. The number of urea groups is 1. The Balaban J connectivity index is 2.03. The van der Waals surface area contributed by atoms with Gasteiger partial charge in [-0.1, -0.05) is 21.7 Å². The zero-order valence-electron chi connectivity index (χ0n) is 9.38. The standard InChI is InChI=1S/C10H9N5O2S/c1-6(16)7-3-2-4-8(5-7)11-9(17)12-10-13-14-15-18-10/h2-5H,1H3,(H2,11,12,13,15,17). The van der Waals surface area contributed by atoms with Gasteiger partial charge in [0.2, 0.25) is 5.13 Å². The minimum Gasteiger partial charge on any atom is -0.308 e. The van der Waals surface area contributed by atoms with Crippen molar-refractivity contribution in [3.63, 3.8) is 0 Å². The lowest BCUT2D eigenvalue weighted by Crippen LogP contribution is -2.19. The molecular formula is C10H9N5O2S. The zero-order chi connectivity index (χ0) is 13.0. The van der Waals surface area contributed by atoms with Gasteiger partial charge in [-0.2, -0.15) is 0 Å². The molecule has 0 bridgehead atoms. The summed E-state index contributed by atoms with van der Waals surface area (Å²) in [6.07, 6.45) is 0. The second kappa shape index (κ2) is 5.32. The van der Waals surface area contributed by atoms with Gasteiger partial charge in [-0.05, 0) is 24.3 Å². The molecule has 1 aromatic carbocycles. The molecule has 0 aliphatic carbocycles. The topological polar surface area (TPSA) is 96.9 Å². The van der Waals surface area contributed by atoms with Crippen LogP contribution in [0.2, 0.25) is 0 Å². The van der Waals surface area contributed by atoms with Crippen LogP contribution < -0.4 is 10.6 Å². The molecule has 0 saturated carbocycles. The van der Waals surface area contributed by atoms with Crippen LogP contribution in [0.25, 0.3) is 0 Å². The molecule has 0 aliphatic rings. The maximum atomic E-state index is 11.6. The van der Waals surface area contributed by atoms with Gasteiger partial charge in [-0.3, -0.25) is 10.1 Å². The average Bonchev–Trinajstić information content (AvgIpc) is 2.82. The second-order valence-electron chi connectivity index (χ2n) is 3.38. The van der Waals surface area contributed by atoms with Crippen molar-refractivity contribution in [1.29, 1.82) is 0 Å². The zero-order valence-corrected chi connectivity index (χ0v) is 10.2. The van der Waals surface area contributed by atoms with Gasteiger partial charge in [0.05, 0.1) is 0 Å². The van der Waals surface area contributed by atoms with Crippen molar-refractivity contribution in [2.75, 3.05) is 10.6 Å². The highest BCUT2D eigenvalue weighted by atomic mass is 32.1. The number of amides is 2. The maximum Gasteiger partial charge on any atom is 0.325 e. The summed E-state index contributed by atoms with van der Waals surface area (Å²) in [5.41, 5.74) is 1.06. The number of benzene rings is 1. The van der Waals surface area contributed by atoms with Gasteiger partial charge in [0.1, 0.15) is 0 Å². The fourth-order valence-corrected chi connectivity index (χ4v) is 1.62. The lowest BCUT2D eigenvalue weighted by atomic mass is 10.1. The van der Waals surface area contributed by atoms with E-state index in [1.165, 1.54) is 6.92 Å². The molecule has 2 aromatic rings. The maximum absolute atomic E-state index is 11.6. The molecule has 92 valence electrons. The van der Waals surface area contributed by atoms with Crippen LogP contribution in [-0.2, 0) is 0 Å². The van der Waals surface area contributed by atoms with Gasteiger partial charge in [0.15, 0.2) is 5.78 Å². The van der Waals surface area contributed by atoms with Gasteiger partial charge < -0.3 is 5.32 Å². The number of hydrogen-bond acceptors (Lipinski definition) is 6. The number of Topliss-reactive ketones (excluding diaryl/α,β-unsaturated/α-hetero) is 1. The molecule has 7 nitrogen and oxygen atoms in total. The number of anilines is 2. The molecule has 0 fully saturated rings. The molecule has 0 spiro atoms. The van der Waals surface area contributed by atoms with E-state index in [4.69, 9.17) is 0 Å². The molecule has 0 saturated heterocycles. The van der Waals surface area contributed by atoms with E-state index in [2.05, 4.69) is 25.4 Å². The van der Waals surface area contributed by atoms with Crippen LogP contribution in [0.3, 0.4) is 0 Å². The lowest BCUT2D eigenvalue weighted by Gasteiger charge is -2.05. The van der Waals surface area contributed by atoms with E-state index in [9.17, 15) is 9.59 Å². The highest BCUT2D eigenvalue weighted by Gasteiger charge is 2.06. The first-order valence-corrected chi connectivity index (χ1v) is 5.76. The second-order valence-corrected chi connectivity index (χ2v) is 4.12. The number of ketones is 1. The molecule has 18 heavy (non-hydrogen) atoms. The Hall–Kier alpha value is -2.35. The third-order valence-electron chi connectivity index (χ3n) is 2.05. The number of nitrogens with one attached hydrogen (secondary N) is 2. The first kappa shape index (κ1) is 12.1. The normalized spacial score (nSPS) is 9.83. The van der Waals surface area contributed by atoms with E-state index >= 15 is 0 Å². The van der Waals surface area contributed by atoms with Crippen molar-refractivity contribution in [2.45, 2.75) is 6.92 Å². The van der Waals surface area contributed by atoms with Crippen LogP contribution in [0.1, 0.15) is 17.3 Å². The van der Waals surface area contributed by atoms with Crippen LogP contribution in [0, 0.1) is 0 Å². The summed E-state index contributed by atoms with van der Waals surface area (Å²) in [4.78, 5) is 22.8. The number of nitrogens with zero attached hydrogens (tertiary/aromatic N) is 3. The Kier molecular flexibility index (Phi) is 3.58. The minimum absolute atomic E-state index is 0.0626. The summed E-state index contributed by atoms with van der Waals surface area (Å²) >= 11 is 0.972. The molecule has 0 radical (unpaired) electrons. The van der Waals surface area contributed by atoms with Crippen molar-refractivity contribution in [3.05, 3.63) is 29.8 Å². The van der Waals surface area contributed by atoms with Gasteiger partial charge in [0.25, 0.3) is 0 Å². The smallest absolute Gasteiger partial charge is 0.308 e. The first-order valence-electron chi connectivity index (χ1n) is 4.99. The van der Waals surface area contributed by atoms with Gasteiger partial charge in [-0.25, -0.2) is 4.79 Å². The van der Waals surface area contributed by atoms with Crippen molar-refractivity contribution in [3.8, 4) is 0 Å². The van der Waals surface area contributed by atoms with Crippen LogP contribution >= 0.6 is 11.5 Å². The Morgan fingerprint density at radius 1 is 1.28 bits per heavy atom. The van der Waals surface area contributed by atoms with Crippen LogP contribution in [0.15, 0.2) is 24.3 Å². The number of aromatic nitrogens is 3. The van der Waals surface area contributed by atoms with Gasteiger partial charge in [0, 0.05) is 22.8 Å². The minimum atomic E-state index is -0.464. The van der Waals surface area contributed by atoms with Crippen molar-refractivity contribution in [1.82, 2.24) is 14.8 Å². The predicted octanol–water partition coefficient (Wildman–Crippen LogP) is 1.78. The SMILES string of the molecule is CC(=O)c1cccc(NC(=O)Nc2nnns2)c1. The molecule has 0 aliphatic heterocycles. The summed E-state index contributed by atoms with van der Waals surface area (Å²) < 4.78 is 3.51. The van der Waals surface area contributed by atoms with E-state index in [1.807, 2.05) is 0 Å². The molecule has 1 heterocycles. The summed E-state index contributed by atoms with van der Waals surface area (Å²) in [5.74, 6) is -0.0626. The Morgan fingerprint density at radius 2 is 2.11 bits per heavy atom. The lowest BCUT2D eigenvalue weighted by molar-refractivity contribution is 0.101. The summed E-state index contributed by atoms with van der Waals surface area (Å²) in [6, 6.07) is 6.19. The van der Waals surface area contributed by atoms with Gasteiger partial charge >= 0.3 is 6.03 Å². The average molecular weight is 263 g/mol. The summed E-state index contributed by atoms with van der Waals surface area (Å²) in [7, 11) is 0. The highest BCUT2D eigenvalue weighted by Crippen LogP contribution is 2.12. The third kappa shape index (κ3) is 3.08. The molecular weight excluding hydrogens is 254 g/mol. The third-order valence-corrected chi connectivity index (χ3v) is 2.56. The summed E-state index contributed by atoms with van der Waals surface area (Å²) in [5, 5.41) is 12.3. The van der Waals surface area contributed by atoms with Crippen LogP contribution in [-0.4, -0.2) is 26.6 Å². The van der Waals surface area contributed by atoms with E-state index in [0.717, 1.165) is 11.5 Å². The predicted molar refractivity (Wildman–Crippen MR) is 66.8 cm³/mol. The molecule has 8 heteroatoms. The molecule has 0 unspecified atom stereocenters. The largest absolute Gasteiger partial charge is 0.325 e. The highest BCUT2D eigenvalue weighted by molar-refractivity contribution is 7.09. The number of carbonyl (C=O) groups is 2. The van der Waals surface area contributed by atoms with Crippen molar-refractivity contribution in [2.24, 2.45) is 0 Å². The van der Waals surface area contributed by atoms with E-state index in [1.54, 1.807) is 24.3 Å². The Labute approximate surface area is 106 Å². The Bertz CT molecular complexity index is 569. The van der Waals surface area contributed by atoms with E-state index < -0.39 is 6.03 Å². The molecule has 0 atom stereocenters. The first-order chi connectivity index (χ1) is 8.65. The monoisotopic (exact) mass is 263 g/mol. The molecule has 2 rings (SSSR count). The van der Waals surface area contributed by atoms with E-state index in [-0.39, 0.29) is 5.78 Å². The van der Waals surface area contributed by atoms with Crippen LogP contribution in [0.4, 0.5) is 15.6 Å². The van der Waals surface area contributed by atoms with E-state index in [0.29, 0.717) is 16.4 Å².